The number of thioether (sulfide) groups is 1. The Labute approximate surface area is 89.3 Å². The smallest absolute Gasteiger partial charge is 0.0710 e. The van der Waals surface area contributed by atoms with Gasteiger partial charge in [-0.15, -0.1) is 23.1 Å². The van der Waals surface area contributed by atoms with Crippen molar-refractivity contribution in [2.24, 2.45) is 0 Å². The molecular formula is C8H11BrOS2. The Morgan fingerprint density at radius 1 is 1.58 bits per heavy atom. The summed E-state index contributed by atoms with van der Waals surface area (Å²) in [7, 11) is 0. The third-order valence-electron chi connectivity index (χ3n) is 1.31. The van der Waals surface area contributed by atoms with Crippen LogP contribution in [0.4, 0.5) is 0 Å². The molecule has 0 amide bonds. The van der Waals surface area contributed by atoms with E-state index in [0.717, 1.165) is 3.79 Å². The monoisotopic (exact) mass is 266 g/mol. The fourth-order valence-electron chi connectivity index (χ4n) is 0.657. The summed E-state index contributed by atoms with van der Waals surface area (Å²) < 4.78 is 2.30. The summed E-state index contributed by atoms with van der Waals surface area (Å²) in [5.41, 5.74) is 0. The molecule has 0 radical (unpaired) electrons. The predicted octanol–water partition coefficient (Wildman–Crippen LogP) is 3.37. The molecule has 0 aromatic carbocycles. The number of thiophene rings is 1. The van der Waals surface area contributed by atoms with Gasteiger partial charge in [-0.3, -0.25) is 0 Å². The van der Waals surface area contributed by atoms with Gasteiger partial charge in [-0.25, -0.2) is 0 Å². The first kappa shape index (κ1) is 10.6. The third kappa shape index (κ3) is 3.09. The van der Waals surface area contributed by atoms with Gasteiger partial charge < -0.3 is 5.11 Å². The number of halogens is 1. The highest BCUT2D eigenvalue weighted by Gasteiger charge is 2.18. The Morgan fingerprint density at radius 2 is 2.25 bits per heavy atom. The molecule has 1 aromatic rings. The van der Waals surface area contributed by atoms with E-state index in [1.54, 1.807) is 23.1 Å². The van der Waals surface area contributed by atoms with E-state index in [0.29, 0.717) is 0 Å². The summed E-state index contributed by atoms with van der Waals surface area (Å²) in [4.78, 5) is 0. The molecular weight excluding hydrogens is 256 g/mol. The molecule has 0 spiro atoms. The predicted molar refractivity (Wildman–Crippen MR) is 59.0 cm³/mol. The zero-order chi connectivity index (χ0) is 9.19. The van der Waals surface area contributed by atoms with Crippen LogP contribution in [0, 0.1) is 0 Å². The van der Waals surface area contributed by atoms with Gasteiger partial charge in [0.05, 0.1) is 14.6 Å². The van der Waals surface area contributed by atoms with E-state index in [1.807, 2.05) is 19.9 Å². The lowest BCUT2D eigenvalue weighted by molar-refractivity contribution is 0.265. The summed E-state index contributed by atoms with van der Waals surface area (Å²) in [6, 6.07) is 4.09. The lowest BCUT2D eigenvalue weighted by atomic mass is 10.2. The second-order valence-corrected chi connectivity index (χ2v) is 7.55. The Balaban J connectivity index is 2.63. The maximum Gasteiger partial charge on any atom is 0.0710 e. The molecule has 1 nitrogen and oxygen atoms in total. The second kappa shape index (κ2) is 4.13. The average molecular weight is 267 g/mol. The lowest BCUT2D eigenvalue weighted by Gasteiger charge is -2.19. The van der Waals surface area contributed by atoms with Gasteiger partial charge in [0.1, 0.15) is 0 Å². The highest BCUT2D eigenvalue weighted by Crippen LogP contribution is 2.37. The molecule has 4 heteroatoms. The SMILES string of the molecule is CC(C)(CO)Sc1ccc(Br)s1. The Bertz CT molecular complexity index is 257. The van der Waals surface area contributed by atoms with Crippen molar-refractivity contribution >= 4 is 39.0 Å². The maximum atomic E-state index is 9.03. The normalized spacial score (nSPS) is 12.0. The van der Waals surface area contributed by atoms with Gasteiger partial charge >= 0.3 is 0 Å². The van der Waals surface area contributed by atoms with E-state index in [4.69, 9.17) is 5.11 Å². The summed E-state index contributed by atoms with van der Waals surface area (Å²) in [5, 5.41) is 9.03. The molecule has 12 heavy (non-hydrogen) atoms. The van der Waals surface area contributed by atoms with Crippen LogP contribution in [0.2, 0.25) is 0 Å². The topological polar surface area (TPSA) is 20.2 Å². The maximum absolute atomic E-state index is 9.03. The molecule has 0 bridgehead atoms. The van der Waals surface area contributed by atoms with E-state index < -0.39 is 0 Å². The standard InChI is InChI=1S/C8H11BrOS2/c1-8(2,5-10)12-7-4-3-6(9)11-7/h3-4,10H,5H2,1-2H3. The molecule has 1 aromatic heterocycles. The molecule has 0 saturated heterocycles. The Hall–Kier alpha value is 0.490. The van der Waals surface area contributed by atoms with Crippen molar-refractivity contribution in [2.45, 2.75) is 22.8 Å². The summed E-state index contributed by atoms with van der Waals surface area (Å²) in [6.07, 6.45) is 0. The van der Waals surface area contributed by atoms with Gasteiger partial charge in [-0.05, 0) is 41.9 Å². The van der Waals surface area contributed by atoms with E-state index in [-0.39, 0.29) is 11.4 Å². The van der Waals surface area contributed by atoms with Crippen LogP contribution in [0.25, 0.3) is 0 Å². The molecule has 1 N–H and O–H groups in total. The minimum absolute atomic E-state index is 0.0791. The summed E-state index contributed by atoms with van der Waals surface area (Å²) in [6.45, 7) is 4.27. The molecule has 1 rings (SSSR count). The van der Waals surface area contributed by atoms with Crippen LogP contribution in [0.15, 0.2) is 20.1 Å². The van der Waals surface area contributed by atoms with Crippen LogP contribution in [0.5, 0.6) is 0 Å². The molecule has 0 atom stereocenters. The van der Waals surface area contributed by atoms with Crippen molar-refractivity contribution in [3.8, 4) is 0 Å². The quantitative estimate of drug-likeness (QED) is 0.847. The molecule has 0 aliphatic rings. The van der Waals surface area contributed by atoms with Gasteiger partial charge in [-0.2, -0.15) is 0 Å². The van der Waals surface area contributed by atoms with Crippen LogP contribution in [-0.2, 0) is 0 Å². The van der Waals surface area contributed by atoms with Crippen LogP contribution in [0.1, 0.15) is 13.8 Å². The van der Waals surface area contributed by atoms with E-state index in [2.05, 4.69) is 22.0 Å². The first-order valence-corrected chi connectivity index (χ1v) is 6.01. The molecule has 68 valence electrons. The zero-order valence-corrected chi connectivity index (χ0v) is 10.2. The van der Waals surface area contributed by atoms with Crippen molar-refractivity contribution in [1.82, 2.24) is 0 Å². The largest absolute Gasteiger partial charge is 0.395 e. The van der Waals surface area contributed by atoms with Gasteiger partial charge in [0.25, 0.3) is 0 Å². The fraction of sp³-hybridized carbons (Fsp3) is 0.500. The second-order valence-electron chi connectivity index (χ2n) is 3.08. The minimum Gasteiger partial charge on any atom is -0.395 e. The molecule has 0 unspecified atom stereocenters. The van der Waals surface area contributed by atoms with Crippen molar-refractivity contribution in [3.63, 3.8) is 0 Å². The van der Waals surface area contributed by atoms with Crippen LogP contribution >= 0.6 is 39.0 Å². The first-order chi connectivity index (χ1) is 5.53. The van der Waals surface area contributed by atoms with Crippen molar-refractivity contribution in [2.75, 3.05) is 6.61 Å². The van der Waals surface area contributed by atoms with Crippen LogP contribution < -0.4 is 0 Å². The van der Waals surface area contributed by atoms with E-state index in [1.165, 1.54) is 4.21 Å². The zero-order valence-electron chi connectivity index (χ0n) is 7.00. The van der Waals surface area contributed by atoms with E-state index in [9.17, 15) is 0 Å². The Kier molecular flexibility index (Phi) is 3.64. The van der Waals surface area contributed by atoms with Crippen LogP contribution in [-0.4, -0.2) is 16.5 Å². The molecule has 0 aliphatic carbocycles. The fourth-order valence-corrected chi connectivity index (χ4v) is 3.96. The highest BCUT2D eigenvalue weighted by atomic mass is 79.9. The molecule has 0 saturated carbocycles. The number of hydrogen-bond acceptors (Lipinski definition) is 3. The highest BCUT2D eigenvalue weighted by molar-refractivity contribution is 9.11. The summed E-state index contributed by atoms with van der Waals surface area (Å²) in [5.74, 6) is 0. The third-order valence-corrected chi connectivity index (χ3v) is 4.24. The molecule has 0 aliphatic heterocycles. The average Bonchev–Trinajstić information content (AvgIpc) is 2.35. The Morgan fingerprint density at radius 3 is 2.67 bits per heavy atom. The van der Waals surface area contributed by atoms with Gasteiger partial charge in [0.2, 0.25) is 0 Å². The van der Waals surface area contributed by atoms with Gasteiger partial charge in [0, 0.05) is 4.75 Å². The number of aliphatic hydroxyl groups excluding tert-OH is 1. The van der Waals surface area contributed by atoms with Crippen molar-refractivity contribution in [3.05, 3.63) is 15.9 Å². The van der Waals surface area contributed by atoms with Crippen LogP contribution in [0.3, 0.4) is 0 Å². The van der Waals surface area contributed by atoms with Crippen molar-refractivity contribution in [1.29, 1.82) is 0 Å². The number of hydrogen-bond donors (Lipinski definition) is 1. The first-order valence-electron chi connectivity index (χ1n) is 3.59. The van der Waals surface area contributed by atoms with Gasteiger partial charge in [0.15, 0.2) is 0 Å². The minimum atomic E-state index is -0.0791. The molecule has 1 heterocycles. The number of aliphatic hydroxyl groups is 1. The molecule has 0 fully saturated rings. The van der Waals surface area contributed by atoms with Crippen molar-refractivity contribution < 1.29 is 5.11 Å². The summed E-state index contributed by atoms with van der Waals surface area (Å²) >= 11 is 6.81. The lowest BCUT2D eigenvalue weighted by Crippen LogP contribution is -2.19. The van der Waals surface area contributed by atoms with E-state index >= 15 is 0 Å². The van der Waals surface area contributed by atoms with Gasteiger partial charge in [-0.1, -0.05) is 0 Å². The number of rotatable bonds is 3.